The highest BCUT2D eigenvalue weighted by Crippen LogP contribution is 2.29. The van der Waals surface area contributed by atoms with E-state index in [4.69, 9.17) is 4.42 Å². The van der Waals surface area contributed by atoms with Gasteiger partial charge in [-0.1, -0.05) is 0 Å². The van der Waals surface area contributed by atoms with Crippen molar-refractivity contribution in [2.45, 2.75) is 25.3 Å². The summed E-state index contributed by atoms with van der Waals surface area (Å²) >= 11 is 0. The lowest BCUT2D eigenvalue weighted by Crippen LogP contribution is -2.50. The first-order chi connectivity index (χ1) is 10.0. The molecule has 0 bridgehead atoms. The number of fused-ring (bicyclic) bond motifs is 1. The molecule has 21 heavy (non-hydrogen) atoms. The molecule has 1 saturated heterocycles. The number of hydrogen-bond donors (Lipinski definition) is 1. The zero-order chi connectivity index (χ0) is 15.0. The fourth-order valence-corrected chi connectivity index (χ4v) is 2.59. The van der Waals surface area contributed by atoms with Gasteiger partial charge >= 0.3 is 0 Å². The average Bonchev–Trinajstić information content (AvgIpc) is 2.90. The maximum Gasteiger partial charge on any atom is 0.298 e. The van der Waals surface area contributed by atoms with Gasteiger partial charge < -0.3 is 14.6 Å². The van der Waals surface area contributed by atoms with Crippen molar-refractivity contribution < 1.29 is 9.34 Å². The highest BCUT2D eigenvalue weighted by atomic mass is 16.6. The molecule has 1 fully saturated rings. The molecule has 0 saturated carbocycles. The molecule has 7 nitrogen and oxygen atoms in total. The molecule has 2 aromatic rings. The second-order valence-electron chi connectivity index (χ2n) is 5.70. The lowest BCUT2D eigenvalue weighted by Gasteiger charge is -2.38. The Morgan fingerprint density at radius 1 is 1.43 bits per heavy atom. The van der Waals surface area contributed by atoms with Gasteiger partial charge in [0.05, 0.1) is 11.0 Å². The van der Waals surface area contributed by atoms with Gasteiger partial charge in [-0.2, -0.15) is 4.98 Å². The summed E-state index contributed by atoms with van der Waals surface area (Å²) in [7, 11) is 1.98. The lowest BCUT2D eigenvalue weighted by atomic mass is 9.90. The molecule has 0 spiro atoms. The van der Waals surface area contributed by atoms with Gasteiger partial charge in [0.2, 0.25) is 0 Å². The van der Waals surface area contributed by atoms with Gasteiger partial charge in [0, 0.05) is 24.7 Å². The Morgan fingerprint density at radius 2 is 2.14 bits per heavy atom. The molecule has 3 rings (SSSR count). The topological polar surface area (TPSA) is 84.4 Å². The van der Waals surface area contributed by atoms with Crippen molar-refractivity contribution in [3.8, 4) is 0 Å². The van der Waals surface area contributed by atoms with E-state index >= 15 is 0 Å². The molecule has 0 atom stereocenters. The molecular weight excluding hydrogens is 272 g/mol. The molecule has 1 N–H and O–H groups in total. The van der Waals surface area contributed by atoms with Crippen LogP contribution in [0.1, 0.15) is 19.8 Å². The van der Waals surface area contributed by atoms with E-state index in [9.17, 15) is 10.1 Å². The van der Waals surface area contributed by atoms with Gasteiger partial charge in [0.15, 0.2) is 5.58 Å². The Kier molecular flexibility index (Phi) is 3.29. The minimum Gasteiger partial charge on any atom is -0.423 e. The first-order valence-electron chi connectivity index (χ1n) is 7.00. The van der Waals surface area contributed by atoms with Crippen LogP contribution in [0, 0.1) is 10.1 Å². The van der Waals surface area contributed by atoms with E-state index in [1.54, 1.807) is 6.07 Å². The number of nitro benzene ring substituents is 1. The van der Waals surface area contributed by atoms with Crippen molar-refractivity contribution in [1.29, 1.82) is 0 Å². The normalized spacial score (nSPS) is 18.1. The number of nitrogens with zero attached hydrogens (tertiary/aromatic N) is 3. The highest BCUT2D eigenvalue weighted by molar-refractivity contribution is 5.77. The molecule has 1 aromatic carbocycles. The molecule has 0 radical (unpaired) electrons. The summed E-state index contributed by atoms with van der Waals surface area (Å²) in [5.74, 6) is 0. The number of benzene rings is 1. The lowest BCUT2D eigenvalue weighted by molar-refractivity contribution is -0.384. The smallest absolute Gasteiger partial charge is 0.298 e. The minimum absolute atomic E-state index is 0.0200. The monoisotopic (exact) mass is 290 g/mol. The van der Waals surface area contributed by atoms with E-state index in [0.29, 0.717) is 17.1 Å². The maximum absolute atomic E-state index is 10.8. The van der Waals surface area contributed by atoms with E-state index in [1.165, 1.54) is 12.1 Å². The molecule has 7 heteroatoms. The third-order valence-electron chi connectivity index (χ3n) is 4.31. The third kappa shape index (κ3) is 2.56. The summed E-state index contributed by atoms with van der Waals surface area (Å²) in [6, 6.07) is 5.04. The summed E-state index contributed by atoms with van der Waals surface area (Å²) in [6.07, 6.45) is 2.00. The molecule has 2 heterocycles. The first kappa shape index (κ1) is 13.8. The average molecular weight is 290 g/mol. The Balaban J connectivity index is 1.83. The van der Waals surface area contributed by atoms with Crippen LogP contribution in [-0.2, 0) is 0 Å². The number of nitro groups is 1. The van der Waals surface area contributed by atoms with Gasteiger partial charge in [0.25, 0.3) is 11.7 Å². The molecule has 112 valence electrons. The van der Waals surface area contributed by atoms with E-state index in [2.05, 4.69) is 22.1 Å². The highest BCUT2D eigenvalue weighted by Gasteiger charge is 2.30. The fraction of sp³-hybridized carbons (Fsp3) is 0.500. The van der Waals surface area contributed by atoms with Gasteiger partial charge in [-0.25, -0.2) is 0 Å². The maximum atomic E-state index is 10.8. The summed E-state index contributed by atoms with van der Waals surface area (Å²) in [6.45, 7) is 3.91. The Morgan fingerprint density at radius 3 is 2.76 bits per heavy atom. The quantitative estimate of drug-likeness (QED) is 0.689. The van der Waals surface area contributed by atoms with Crippen LogP contribution in [0.3, 0.4) is 0 Å². The van der Waals surface area contributed by atoms with E-state index < -0.39 is 4.92 Å². The van der Waals surface area contributed by atoms with Crippen LogP contribution in [0.15, 0.2) is 22.6 Å². The van der Waals surface area contributed by atoms with Crippen molar-refractivity contribution >= 4 is 22.8 Å². The number of aromatic nitrogens is 1. The number of rotatable bonds is 3. The van der Waals surface area contributed by atoms with Crippen LogP contribution >= 0.6 is 0 Å². The van der Waals surface area contributed by atoms with Crippen LogP contribution in [0.2, 0.25) is 0 Å². The summed E-state index contributed by atoms with van der Waals surface area (Å²) in [5, 5.41) is 14.1. The Hall–Kier alpha value is -2.15. The molecule has 0 aliphatic carbocycles. The zero-order valence-electron chi connectivity index (χ0n) is 12.1. The van der Waals surface area contributed by atoms with Crippen molar-refractivity contribution in [2.75, 3.05) is 25.0 Å². The minimum atomic E-state index is -0.430. The SMILES string of the molecule is CNC1(C)CCN(c2nc3ccc([N+](=O)[O-])cc3o2)CC1. The molecule has 1 aliphatic rings. The zero-order valence-corrected chi connectivity index (χ0v) is 12.1. The van der Waals surface area contributed by atoms with Crippen LogP contribution < -0.4 is 10.2 Å². The Bertz CT molecular complexity index is 674. The summed E-state index contributed by atoms with van der Waals surface area (Å²) in [5.41, 5.74) is 1.28. The first-order valence-corrected chi connectivity index (χ1v) is 7.00. The van der Waals surface area contributed by atoms with Gasteiger partial charge in [0.1, 0.15) is 5.52 Å². The van der Waals surface area contributed by atoms with Crippen LogP contribution in [-0.4, -0.2) is 35.6 Å². The van der Waals surface area contributed by atoms with Crippen molar-refractivity contribution in [3.63, 3.8) is 0 Å². The second-order valence-corrected chi connectivity index (χ2v) is 5.70. The standard InChI is InChI=1S/C14H18N4O3/c1-14(15-2)5-7-17(8-6-14)13-16-11-4-3-10(18(19)20)9-12(11)21-13/h3-4,9,15H,5-8H2,1-2H3. The van der Waals surface area contributed by atoms with Gasteiger partial charge in [-0.05, 0) is 32.9 Å². The molecule has 1 aromatic heterocycles. The van der Waals surface area contributed by atoms with Crippen LogP contribution in [0.25, 0.3) is 11.1 Å². The molecular formula is C14H18N4O3. The summed E-state index contributed by atoms with van der Waals surface area (Å²) in [4.78, 5) is 16.9. The van der Waals surface area contributed by atoms with Crippen molar-refractivity contribution in [1.82, 2.24) is 10.3 Å². The van der Waals surface area contributed by atoms with E-state index in [-0.39, 0.29) is 11.2 Å². The van der Waals surface area contributed by atoms with E-state index in [1.807, 2.05) is 7.05 Å². The summed E-state index contributed by atoms with van der Waals surface area (Å²) < 4.78 is 5.69. The number of piperidine rings is 1. The van der Waals surface area contributed by atoms with Crippen LogP contribution in [0.4, 0.5) is 11.7 Å². The van der Waals surface area contributed by atoms with Crippen LogP contribution in [0.5, 0.6) is 0 Å². The predicted octanol–water partition coefficient (Wildman–Crippen LogP) is 2.31. The van der Waals surface area contributed by atoms with E-state index in [0.717, 1.165) is 25.9 Å². The van der Waals surface area contributed by atoms with Gasteiger partial charge in [-0.15, -0.1) is 0 Å². The fourth-order valence-electron chi connectivity index (χ4n) is 2.59. The number of anilines is 1. The Labute approximate surface area is 122 Å². The number of nitrogens with one attached hydrogen (secondary N) is 1. The molecule has 0 unspecified atom stereocenters. The van der Waals surface area contributed by atoms with Crippen molar-refractivity contribution in [3.05, 3.63) is 28.3 Å². The molecule has 0 amide bonds. The second kappa shape index (κ2) is 5.00. The number of hydrogen-bond acceptors (Lipinski definition) is 6. The molecule has 1 aliphatic heterocycles. The predicted molar refractivity (Wildman–Crippen MR) is 79.6 cm³/mol. The third-order valence-corrected chi connectivity index (χ3v) is 4.31. The van der Waals surface area contributed by atoms with Crippen molar-refractivity contribution in [2.24, 2.45) is 0 Å². The number of non-ortho nitro benzene ring substituents is 1. The van der Waals surface area contributed by atoms with Gasteiger partial charge in [-0.3, -0.25) is 10.1 Å². The largest absolute Gasteiger partial charge is 0.423 e. The number of oxazole rings is 1.